The molecule has 0 saturated carbocycles. The van der Waals surface area contributed by atoms with Gasteiger partial charge in [-0.25, -0.2) is 0 Å². The molecule has 346 valence electrons. The van der Waals surface area contributed by atoms with Crippen LogP contribution in [-0.4, -0.2) is 16.0 Å². The van der Waals surface area contributed by atoms with E-state index in [1.165, 1.54) is 105 Å². The van der Waals surface area contributed by atoms with E-state index in [0.717, 1.165) is 22.5 Å². The maximum Gasteiger partial charge on any atom is 0.336 e. The van der Waals surface area contributed by atoms with Gasteiger partial charge in [0.2, 0.25) is 0 Å². The molecule has 0 spiro atoms. The predicted molar refractivity (Wildman–Crippen MR) is 297 cm³/mol. The second-order valence-electron chi connectivity index (χ2n) is 25.6. The lowest BCUT2D eigenvalue weighted by Gasteiger charge is -2.41. The predicted octanol–water partition coefficient (Wildman–Crippen LogP) is 16.4. The summed E-state index contributed by atoms with van der Waals surface area (Å²) in [7, 11) is 0. The Balaban J connectivity index is 1.26. The van der Waals surface area contributed by atoms with Crippen molar-refractivity contribution in [2.24, 2.45) is 0 Å². The van der Waals surface area contributed by atoms with Gasteiger partial charge >= 0.3 is 6.85 Å². The van der Waals surface area contributed by atoms with Crippen molar-refractivity contribution < 1.29 is 4.42 Å². The van der Waals surface area contributed by atoms with Gasteiger partial charge in [0.15, 0.2) is 5.88 Å². The molecule has 4 nitrogen and oxygen atoms in total. The van der Waals surface area contributed by atoms with Crippen LogP contribution in [-0.2, 0) is 27.1 Å². The Morgan fingerprint density at radius 3 is 1.52 bits per heavy atom. The highest BCUT2D eigenvalue weighted by Gasteiger charge is 2.47. The number of furan rings is 1. The van der Waals surface area contributed by atoms with E-state index in [2.05, 4.69) is 245 Å². The summed E-state index contributed by atoms with van der Waals surface area (Å²) in [5.41, 5.74) is 21.0. The monoisotopic (exact) mass is 904 g/mol. The van der Waals surface area contributed by atoms with Crippen LogP contribution in [0.4, 0.5) is 11.6 Å². The molecule has 2 aliphatic heterocycles. The van der Waals surface area contributed by atoms with E-state index in [1.807, 2.05) is 0 Å². The number of rotatable bonds is 2. The zero-order chi connectivity index (χ0) is 48.6. The van der Waals surface area contributed by atoms with Crippen molar-refractivity contribution in [2.75, 3.05) is 4.81 Å². The Morgan fingerprint density at radius 1 is 0.406 bits per heavy atom. The molecule has 0 amide bonds. The van der Waals surface area contributed by atoms with E-state index < -0.39 is 0 Å². The number of hydrogen-bond donors (Lipinski definition) is 0. The molecule has 7 aromatic carbocycles. The quantitative estimate of drug-likeness (QED) is 0.162. The second-order valence-corrected chi connectivity index (χ2v) is 25.6. The molecule has 0 unspecified atom stereocenters. The first-order valence-corrected chi connectivity index (χ1v) is 25.2. The third kappa shape index (κ3) is 6.48. The number of aromatic nitrogens is 2. The molecule has 0 atom stereocenters. The number of fused-ring (bicyclic) bond motifs is 12. The molecule has 0 aliphatic carbocycles. The van der Waals surface area contributed by atoms with Crippen molar-refractivity contribution in [1.29, 1.82) is 0 Å². The van der Waals surface area contributed by atoms with E-state index >= 15 is 0 Å². The van der Waals surface area contributed by atoms with Crippen molar-refractivity contribution in [3.8, 4) is 22.5 Å². The van der Waals surface area contributed by atoms with E-state index in [-0.39, 0.29) is 33.9 Å². The van der Waals surface area contributed by atoms with Gasteiger partial charge in [-0.15, -0.1) is 0 Å². The Bertz CT molecular complexity index is 3780. The normalized spacial score (nSPS) is 14.2. The fourth-order valence-electron chi connectivity index (χ4n) is 11.6. The SMILES string of the molecule is CC(C)(C)c1ccc(N2B3c4c(cc(C(C)(C)C)cc4-n4c5cc6c7cc(C(C)(C)C)ccc7n(-c7ccc(C(C)(C)C)cc7)c6cc5c5cc(C(C)(C)C)cc3c54)-c3c2oc2ccccc32)cc1. The standard InChI is InChI=1S/C64H66BN3O/c1-60(2,3)37-20-25-42(26-21-37)66-51-29-24-39(62(7,8)9)30-45(51)46-35-53-47(36-52(46)66)48-31-40(63(10,11)12)33-50-58(48)67(53)54-34-41(64(13,14)15)32-49-56-44-18-16-17-19-55(44)69-59(56)68(65(50)57(49)54)43-27-22-38(23-28-43)61(4,5)6/h16-36H,1-15H3. The molecule has 0 saturated heterocycles. The van der Waals surface area contributed by atoms with Gasteiger partial charge in [-0.05, 0) is 138 Å². The van der Waals surface area contributed by atoms with Crippen LogP contribution in [0.1, 0.15) is 132 Å². The van der Waals surface area contributed by atoms with Gasteiger partial charge in [0.05, 0.1) is 27.6 Å². The van der Waals surface area contributed by atoms with Crippen LogP contribution >= 0.6 is 0 Å². The van der Waals surface area contributed by atoms with Crippen molar-refractivity contribution in [3.05, 3.63) is 155 Å². The van der Waals surface area contributed by atoms with Crippen LogP contribution in [0.2, 0.25) is 0 Å². The minimum absolute atomic E-state index is 0.00835. The van der Waals surface area contributed by atoms with Gasteiger partial charge < -0.3 is 18.4 Å². The summed E-state index contributed by atoms with van der Waals surface area (Å²) in [4.78, 5) is 2.54. The average molecular weight is 904 g/mol. The molecule has 2 aliphatic rings. The highest BCUT2D eigenvalue weighted by Crippen LogP contribution is 2.51. The fourth-order valence-corrected chi connectivity index (χ4v) is 11.6. The lowest BCUT2D eigenvalue weighted by molar-refractivity contribution is 0.589. The van der Waals surface area contributed by atoms with Gasteiger partial charge in [-0.2, -0.15) is 0 Å². The molecule has 10 aromatic rings. The molecule has 0 radical (unpaired) electrons. The van der Waals surface area contributed by atoms with Gasteiger partial charge in [0.1, 0.15) is 5.58 Å². The van der Waals surface area contributed by atoms with Crippen molar-refractivity contribution >= 4 is 83.9 Å². The maximum absolute atomic E-state index is 7.19. The fraction of sp³-hybridized carbons (Fsp3) is 0.312. The summed E-state index contributed by atoms with van der Waals surface area (Å²) in [6.45, 7) is 34.8. The number of hydrogen-bond acceptors (Lipinski definition) is 2. The Hall–Kier alpha value is -6.46. The van der Waals surface area contributed by atoms with E-state index in [1.54, 1.807) is 0 Å². The molecule has 12 rings (SSSR count). The van der Waals surface area contributed by atoms with Crippen LogP contribution in [0, 0.1) is 0 Å². The van der Waals surface area contributed by atoms with Crippen LogP contribution in [0.3, 0.4) is 0 Å². The minimum atomic E-state index is -0.154. The van der Waals surface area contributed by atoms with Crippen molar-refractivity contribution in [3.63, 3.8) is 0 Å². The van der Waals surface area contributed by atoms with Crippen LogP contribution in [0.25, 0.3) is 77.1 Å². The Kier molecular flexibility index (Phi) is 8.94. The summed E-state index contributed by atoms with van der Waals surface area (Å²) >= 11 is 0. The molecular weight excluding hydrogens is 838 g/mol. The lowest BCUT2D eigenvalue weighted by atomic mass is 9.44. The zero-order valence-corrected chi connectivity index (χ0v) is 43.5. The third-order valence-corrected chi connectivity index (χ3v) is 15.7. The lowest BCUT2D eigenvalue weighted by Crippen LogP contribution is -2.60. The van der Waals surface area contributed by atoms with Gasteiger partial charge in [0, 0.05) is 44.0 Å². The van der Waals surface area contributed by atoms with Crippen LogP contribution in [0.15, 0.2) is 132 Å². The number of benzene rings is 7. The summed E-state index contributed by atoms with van der Waals surface area (Å²) in [6, 6.07) is 49.6. The smallest absolute Gasteiger partial charge is 0.336 e. The van der Waals surface area contributed by atoms with E-state index in [4.69, 9.17) is 4.42 Å². The topological polar surface area (TPSA) is 26.2 Å². The van der Waals surface area contributed by atoms with E-state index in [0.29, 0.717) is 0 Å². The summed E-state index contributed by atoms with van der Waals surface area (Å²) in [6.07, 6.45) is 0. The molecule has 69 heavy (non-hydrogen) atoms. The first-order valence-electron chi connectivity index (χ1n) is 25.2. The number of anilines is 2. The Labute approximate surface area is 409 Å². The van der Waals surface area contributed by atoms with Gasteiger partial charge in [-0.1, -0.05) is 165 Å². The van der Waals surface area contributed by atoms with Gasteiger partial charge in [0.25, 0.3) is 0 Å². The molecule has 0 bridgehead atoms. The first kappa shape index (κ1) is 43.8. The maximum atomic E-state index is 7.19. The molecular formula is C64H66BN3O. The highest BCUT2D eigenvalue weighted by atomic mass is 16.4. The van der Waals surface area contributed by atoms with Crippen molar-refractivity contribution in [1.82, 2.24) is 9.13 Å². The summed E-state index contributed by atoms with van der Waals surface area (Å²) in [5.74, 6) is 0.909. The zero-order valence-electron chi connectivity index (χ0n) is 43.5. The van der Waals surface area contributed by atoms with Crippen molar-refractivity contribution in [2.45, 2.75) is 131 Å². The minimum Gasteiger partial charge on any atom is -0.441 e. The van der Waals surface area contributed by atoms with Gasteiger partial charge in [-0.3, -0.25) is 0 Å². The molecule has 5 heteroatoms. The summed E-state index contributed by atoms with van der Waals surface area (Å²) < 4.78 is 12.4. The number of nitrogens with zero attached hydrogens (tertiary/aromatic N) is 3. The average Bonchev–Trinajstić information content (AvgIpc) is 3.93. The third-order valence-electron chi connectivity index (χ3n) is 15.7. The molecule has 0 fully saturated rings. The Morgan fingerprint density at radius 2 is 0.913 bits per heavy atom. The largest absolute Gasteiger partial charge is 0.441 e. The van der Waals surface area contributed by atoms with Crippen LogP contribution < -0.4 is 15.7 Å². The highest BCUT2D eigenvalue weighted by molar-refractivity contribution is 6.93. The number of para-hydroxylation sites is 1. The summed E-state index contributed by atoms with van der Waals surface area (Å²) in [5, 5.41) is 6.26. The molecule has 5 heterocycles. The second kappa shape index (κ2) is 14.1. The first-order chi connectivity index (χ1) is 32.4. The van der Waals surface area contributed by atoms with E-state index in [9.17, 15) is 0 Å². The molecule has 0 N–H and O–H groups in total. The molecule has 3 aromatic heterocycles. The van der Waals surface area contributed by atoms with Crippen LogP contribution in [0.5, 0.6) is 0 Å².